The molecule has 0 fully saturated rings. The molecule has 1 aromatic heterocycles. The van der Waals surface area contributed by atoms with E-state index in [0.29, 0.717) is 15.8 Å². The predicted octanol–water partition coefficient (Wildman–Crippen LogP) is 1.42. The van der Waals surface area contributed by atoms with Gasteiger partial charge in [-0.3, -0.25) is 9.59 Å². The summed E-state index contributed by atoms with van der Waals surface area (Å²) in [5.41, 5.74) is 1.28. The summed E-state index contributed by atoms with van der Waals surface area (Å²) < 4.78 is 7.96. The Morgan fingerprint density at radius 1 is 1.42 bits per heavy atom. The summed E-state index contributed by atoms with van der Waals surface area (Å²) in [6, 6.07) is 0.283. The van der Waals surface area contributed by atoms with Crippen LogP contribution < -0.4 is 10.2 Å². The van der Waals surface area contributed by atoms with E-state index in [1.54, 1.807) is 4.90 Å². The van der Waals surface area contributed by atoms with Gasteiger partial charge in [-0.15, -0.1) is 0 Å². The normalized spacial score (nSPS) is 20.7. The van der Waals surface area contributed by atoms with Crippen LogP contribution in [-0.4, -0.2) is 35.6 Å². The first-order valence-electron chi connectivity index (χ1n) is 6.40. The molecular formula is C13H15IN2O3. The topological polar surface area (TPSA) is 51.5 Å². The van der Waals surface area contributed by atoms with E-state index in [9.17, 15) is 9.59 Å². The number of ether oxygens (including phenoxy) is 1. The second-order valence-corrected chi connectivity index (χ2v) is 5.96. The third-order valence-corrected chi connectivity index (χ3v) is 5.10. The summed E-state index contributed by atoms with van der Waals surface area (Å²) in [6.45, 7) is 3.35. The molecule has 0 N–H and O–H groups in total. The number of hydrogen-bond acceptors (Lipinski definition) is 3. The highest BCUT2D eigenvalue weighted by Crippen LogP contribution is 2.37. The second kappa shape index (κ2) is 4.50. The van der Waals surface area contributed by atoms with Crippen molar-refractivity contribution in [3.63, 3.8) is 0 Å². The second-order valence-electron chi connectivity index (χ2n) is 4.88. The van der Waals surface area contributed by atoms with Crippen LogP contribution in [0.1, 0.15) is 35.6 Å². The number of pyridine rings is 1. The van der Waals surface area contributed by atoms with E-state index in [2.05, 4.69) is 22.6 Å². The molecule has 0 saturated heterocycles. The third kappa shape index (κ3) is 1.65. The number of rotatable bonds is 2. The number of halogens is 1. The lowest BCUT2D eigenvalue weighted by molar-refractivity contribution is 0.0677. The van der Waals surface area contributed by atoms with E-state index in [0.717, 1.165) is 25.1 Å². The van der Waals surface area contributed by atoms with Gasteiger partial charge in [0.2, 0.25) is 5.43 Å². The molecule has 1 amide bonds. The van der Waals surface area contributed by atoms with E-state index in [-0.39, 0.29) is 23.1 Å². The summed E-state index contributed by atoms with van der Waals surface area (Å²) in [7, 11) is 1.46. The molecule has 0 unspecified atom stereocenters. The van der Waals surface area contributed by atoms with Crippen LogP contribution >= 0.6 is 22.6 Å². The molecular weight excluding hydrogens is 359 g/mol. The molecule has 0 aliphatic carbocycles. The van der Waals surface area contributed by atoms with E-state index in [1.807, 2.05) is 11.5 Å². The molecule has 102 valence electrons. The fourth-order valence-electron chi connectivity index (χ4n) is 3.08. The number of carbonyl (C=O) groups excluding carboxylic acids is 1. The highest BCUT2D eigenvalue weighted by Gasteiger charge is 2.39. The van der Waals surface area contributed by atoms with Crippen LogP contribution in [0, 0.1) is 3.57 Å². The van der Waals surface area contributed by atoms with Crippen molar-refractivity contribution in [3.05, 3.63) is 25.2 Å². The minimum Gasteiger partial charge on any atom is -0.491 e. The zero-order valence-electron chi connectivity index (χ0n) is 10.9. The number of likely N-dealkylation sites (N-methyl/N-ethyl adjacent to an activating group) is 1. The molecule has 0 aromatic carbocycles. The highest BCUT2D eigenvalue weighted by molar-refractivity contribution is 14.1. The van der Waals surface area contributed by atoms with Crippen molar-refractivity contribution >= 4 is 28.5 Å². The molecule has 3 rings (SSSR count). The Kier molecular flexibility index (Phi) is 3.07. The molecule has 5 nitrogen and oxygen atoms in total. The van der Waals surface area contributed by atoms with Crippen molar-refractivity contribution in [2.45, 2.75) is 25.8 Å². The van der Waals surface area contributed by atoms with Gasteiger partial charge in [-0.1, -0.05) is 0 Å². The first-order chi connectivity index (χ1) is 9.10. The average molecular weight is 374 g/mol. The molecule has 6 heteroatoms. The Balaban J connectivity index is 2.35. The van der Waals surface area contributed by atoms with Crippen LogP contribution in [0.2, 0.25) is 0 Å². The van der Waals surface area contributed by atoms with Gasteiger partial charge in [-0.05, 0) is 42.4 Å². The van der Waals surface area contributed by atoms with Gasteiger partial charge in [0, 0.05) is 18.8 Å². The van der Waals surface area contributed by atoms with Gasteiger partial charge in [0.05, 0.1) is 16.7 Å². The zero-order valence-corrected chi connectivity index (χ0v) is 13.1. The number of aromatic nitrogens is 1. The largest absolute Gasteiger partial charge is 0.491 e. The summed E-state index contributed by atoms with van der Waals surface area (Å²) in [5, 5.41) is 0. The molecule has 1 atom stereocenters. The maximum Gasteiger partial charge on any atom is 0.274 e. The molecule has 0 saturated carbocycles. The maximum atomic E-state index is 12.5. The Hall–Kier alpha value is -1.05. The number of methoxy groups -OCH3 is 1. The summed E-state index contributed by atoms with van der Waals surface area (Å²) in [4.78, 5) is 26.6. The Labute approximate surface area is 124 Å². The van der Waals surface area contributed by atoms with Gasteiger partial charge in [-0.2, -0.15) is 0 Å². The lowest BCUT2D eigenvalue weighted by Gasteiger charge is -2.34. The molecule has 3 heterocycles. The average Bonchev–Trinajstić information content (AvgIpc) is 2.83. The standard InChI is InChI=1S/C13H15IN2O3/c1-3-15-6-7-4-5-8-9(14)11(17)12(19-2)10(13(15)18)16(7)8/h7H,3-6H2,1-2H3/t7-/m0/s1. The van der Waals surface area contributed by atoms with E-state index in [1.165, 1.54) is 7.11 Å². The van der Waals surface area contributed by atoms with Crippen LogP contribution in [0.25, 0.3) is 0 Å². The number of hydrogen-bond donors (Lipinski definition) is 0. The van der Waals surface area contributed by atoms with Crippen LogP contribution in [0.5, 0.6) is 5.75 Å². The fourth-order valence-corrected chi connectivity index (χ4v) is 3.85. The number of nitrogens with zero attached hydrogens (tertiary/aromatic N) is 2. The van der Waals surface area contributed by atoms with Gasteiger partial charge in [0.15, 0.2) is 11.4 Å². The quantitative estimate of drug-likeness (QED) is 0.736. The minimum absolute atomic E-state index is 0.0905. The Morgan fingerprint density at radius 2 is 2.16 bits per heavy atom. The van der Waals surface area contributed by atoms with Gasteiger partial charge < -0.3 is 14.2 Å². The monoisotopic (exact) mass is 374 g/mol. The van der Waals surface area contributed by atoms with Crippen LogP contribution in [-0.2, 0) is 6.42 Å². The van der Waals surface area contributed by atoms with E-state index < -0.39 is 0 Å². The van der Waals surface area contributed by atoms with Crippen molar-refractivity contribution in [1.82, 2.24) is 9.47 Å². The zero-order chi connectivity index (χ0) is 13.7. The van der Waals surface area contributed by atoms with Crippen molar-refractivity contribution < 1.29 is 9.53 Å². The predicted molar refractivity (Wildman–Crippen MR) is 78.9 cm³/mol. The van der Waals surface area contributed by atoms with Crippen LogP contribution in [0.3, 0.4) is 0 Å². The summed E-state index contributed by atoms with van der Waals surface area (Å²) >= 11 is 2.07. The summed E-state index contributed by atoms with van der Waals surface area (Å²) in [6.07, 6.45) is 1.85. The van der Waals surface area contributed by atoms with Crippen molar-refractivity contribution in [1.29, 1.82) is 0 Å². The first-order valence-corrected chi connectivity index (χ1v) is 7.48. The van der Waals surface area contributed by atoms with Crippen molar-refractivity contribution in [2.24, 2.45) is 0 Å². The lowest BCUT2D eigenvalue weighted by Crippen LogP contribution is -2.44. The van der Waals surface area contributed by atoms with Crippen molar-refractivity contribution in [3.8, 4) is 5.75 Å². The summed E-state index contributed by atoms with van der Waals surface area (Å²) in [5.74, 6) is 0.107. The lowest BCUT2D eigenvalue weighted by atomic mass is 10.1. The molecule has 0 spiro atoms. The SMILES string of the molecule is CCN1C[C@@H]2CCc3c(I)c(=O)c(OC)c(n32)C1=O. The van der Waals surface area contributed by atoms with Gasteiger partial charge in [0.1, 0.15) is 0 Å². The van der Waals surface area contributed by atoms with Gasteiger partial charge in [0.25, 0.3) is 5.91 Å². The fraction of sp³-hybridized carbons (Fsp3) is 0.538. The van der Waals surface area contributed by atoms with Crippen LogP contribution in [0.4, 0.5) is 0 Å². The molecule has 0 bridgehead atoms. The molecule has 2 aliphatic rings. The molecule has 2 aliphatic heterocycles. The molecule has 1 aromatic rings. The van der Waals surface area contributed by atoms with E-state index in [4.69, 9.17) is 4.74 Å². The Bertz CT molecular complexity index is 623. The minimum atomic E-state index is -0.156. The van der Waals surface area contributed by atoms with Gasteiger partial charge in [-0.25, -0.2) is 0 Å². The van der Waals surface area contributed by atoms with Gasteiger partial charge >= 0.3 is 0 Å². The first kappa shape index (κ1) is 13.0. The number of carbonyl (C=O) groups is 1. The number of amides is 1. The Morgan fingerprint density at radius 3 is 2.79 bits per heavy atom. The van der Waals surface area contributed by atoms with Crippen molar-refractivity contribution in [2.75, 3.05) is 20.2 Å². The van der Waals surface area contributed by atoms with E-state index >= 15 is 0 Å². The highest BCUT2D eigenvalue weighted by atomic mass is 127. The third-order valence-electron chi connectivity index (χ3n) is 3.99. The maximum absolute atomic E-state index is 12.5. The smallest absolute Gasteiger partial charge is 0.274 e. The van der Waals surface area contributed by atoms with Crippen LogP contribution in [0.15, 0.2) is 4.79 Å². The molecule has 19 heavy (non-hydrogen) atoms. The molecule has 0 radical (unpaired) electrons.